The van der Waals surface area contributed by atoms with Gasteiger partial charge in [0, 0.05) is 17.7 Å². The van der Waals surface area contributed by atoms with Crippen molar-refractivity contribution in [3.05, 3.63) is 77.6 Å². The lowest BCUT2D eigenvalue weighted by Gasteiger charge is -2.28. The molecule has 0 saturated carbocycles. The van der Waals surface area contributed by atoms with Crippen molar-refractivity contribution in [2.24, 2.45) is 0 Å². The van der Waals surface area contributed by atoms with E-state index in [2.05, 4.69) is 20.1 Å². The number of imidazole rings is 1. The molecule has 2 atom stereocenters. The van der Waals surface area contributed by atoms with E-state index in [1.807, 2.05) is 0 Å². The van der Waals surface area contributed by atoms with Gasteiger partial charge in [0.25, 0.3) is 0 Å². The molecule has 0 radical (unpaired) electrons. The summed E-state index contributed by atoms with van der Waals surface area (Å²) in [4.78, 5) is 4.65. The highest BCUT2D eigenvalue weighted by Crippen LogP contribution is 2.37. The molecule has 0 bridgehead atoms. The van der Waals surface area contributed by atoms with Crippen LogP contribution < -0.4 is 14.8 Å². The number of para-hydroxylation sites is 1. The molecule has 35 heavy (non-hydrogen) atoms. The molecule has 0 spiro atoms. The van der Waals surface area contributed by atoms with Crippen LogP contribution in [0.25, 0.3) is 16.9 Å². The van der Waals surface area contributed by atoms with E-state index in [9.17, 15) is 22.3 Å². The molecule has 12 heteroatoms. The first kappa shape index (κ1) is 23.3. The minimum Gasteiger partial charge on any atom is -0.434 e. The van der Waals surface area contributed by atoms with Crippen molar-refractivity contribution in [2.45, 2.75) is 23.7 Å². The molecule has 5 rings (SSSR count). The molecule has 0 aliphatic carbocycles. The lowest BCUT2D eigenvalue weighted by molar-refractivity contribution is -0.0507. The van der Waals surface area contributed by atoms with E-state index >= 15 is 0 Å². The molecule has 182 valence electrons. The minimum absolute atomic E-state index is 0.00905. The summed E-state index contributed by atoms with van der Waals surface area (Å²) in [5.74, 6) is 0.00905. The van der Waals surface area contributed by atoms with Crippen LogP contribution in [0.1, 0.15) is 29.1 Å². The number of halogens is 2. The molecule has 1 aliphatic rings. The second-order valence-electron chi connectivity index (χ2n) is 7.88. The zero-order chi connectivity index (χ0) is 24.7. The average molecular weight is 502 g/mol. The molecule has 4 aromatic rings. The number of β-amino-alcohol motifs (C(OH)–C–C–N with tert-alkyl or cyclic N) is 1. The molecule has 0 fully saturated rings. The standard InChI is InChI=1S/C23H21F2N5O4S/c1-26-35(32,33)14-8-6-13(7-9-14)16-10-11-19-28-21-17(31)12-27-20(22(21)30(19)29-16)15-4-2-3-5-18(15)34-23(24)25/h2-11,17,20,23,26-27,31H,12H2,1H3/t17-,20-/m1/s1. The maximum absolute atomic E-state index is 13.0. The maximum Gasteiger partial charge on any atom is 0.387 e. The van der Waals surface area contributed by atoms with E-state index in [-0.39, 0.29) is 17.2 Å². The molecule has 0 saturated heterocycles. The quantitative estimate of drug-likeness (QED) is 0.372. The van der Waals surface area contributed by atoms with Gasteiger partial charge in [-0.25, -0.2) is 22.6 Å². The van der Waals surface area contributed by atoms with Gasteiger partial charge in [0.2, 0.25) is 10.0 Å². The highest BCUT2D eigenvalue weighted by atomic mass is 32.2. The van der Waals surface area contributed by atoms with Gasteiger partial charge in [-0.1, -0.05) is 30.3 Å². The van der Waals surface area contributed by atoms with Crippen molar-refractivity contribution < 1.29 is 27.0 Å². The molecule has 1 aliphatic heterocycles. The number of rotatable bonds is 6. The van der Waals surface area contributed by atoms with Crippen molar-refractivity contribution >= 4 is 15.7 Å². The van der Waals surface area contributed by atoms with E-state index in [1.165, 1.54) is 25.2 Å². The van der Waals surface area contributed by atoms with E-state index in [1.54, 1.807) is 47.0 Å². The summed E-state index contributed by atoms with van der Waals surface area (Å²) in [7, 11) is -2.24. The van der Waals surface area contributed by atoms with Crippen LogP contribution in [-0.2, 0) is 10.0 Å². The van der Waals surface area contributed by atoms with E-state index in [4.69, 9.17) is 4.74 Å². The predicted molar refractivity (Wildman–Crippen MR) is 123 cm³/mol. The van der Waals surface area contributed by atoms with E-state index in [0.717, 1.165) is 0 Å². The molecular formula is C23H21F2N5O4S. The SMILES string of the molecule is CNS(=O)(=O)c1ccc(-c2ccc3nc4c(n3n2)[C@@H](c2ccccc2OC(F)F)NC[C@H]4O)cc1. The minimum atomic E-state index is -3.58. The van der Waals surface area contributed by atoms with Gasteiger partial charge in [-0.3, -0.25) is 0 Å². The zero-order valence-electron chi connectivity index (χ0n) is 18.4. The van der Waals surface area contributed by atoms with Crippen LogP contribution >= 0.6 is 0 Å². The Labute approximate surface area is 199 Å². The van der Waals surface area contributed by atoms with Crippen molar-refractivity contribution in [2.75, 3.05) is 13.6 Å². The molecule has 0 amide bonds. The highest BCUT2D eigenvalue weighted by Gasteiger charge is 2.34. The summed E-state index contributed by atoms with van der Waals surface area (Å²) in [6.07, 6.45) is -0.916. The van der Waals surface area contributed by atoms with Crippen LogP contribution in [0.4, 0.5) is 8.78 Å². The van der Waals surface area contributed by atoms with Crippen LogP contribution in [0.2, 0.25) is 0 Å². The Balaban J connectivity index is 1.62. The Kier molecular flexibility index (Phi) is 5.97. The fourth-order valence-electron chi connectivity index (χ4n) is 4.16. The molecular weight excluding hydrogens is 480 g/mol. The summed E-state index contributed by atoms with van der Waals surface area (Å²) >= 11 is 0. The third-order valence-electron chi connectivity index (χ3n) is 5.82. The van der Waals surface area contributed by atoms with Crippen LogP contribution in [0.3, 0.4) is 0 Å². The van der Waals surface area contributed by atoms with E-state index in [0.29, 0.717) is 33.9 Å². The number of aromatic nitrogens is 3. The molecule has 9 nitrogen and oxygen atoms in total. The van der Waals surface area contributed by atoms with Crippen molar-refractivity contribution in [1.29, 1.82) is 0 Å². The number of sulfonamides is 1. The molecule has 2 aromatic heterocycles. The van der Waals surface area contributed by atoms with Crippen molar-refractivity contribution in [3.8, 4) is 17.0 Å². The number of nitrogens with zero attached hydrogens (tertiary/aromatic N) is 3. The largest absolute Gasteiger partial charge is 0.434 e. The highest BCUT2D eigenvalue weighted by molar-refractivity contribution is 7.89. The van der Waals surface area contributed by atoms with Gasteiger partial charge in [0.15, 0.2) is 5.65 Å². The Morgan fingerprint density at radius 3 is 2.60 bits per heavy atom. The fourth-order valence-corrected chi connectivity index (χ4v) is 4.89. The number of alkyl halides is 2. The Morgan fingerprint density at radius 1 is 1.14 bits per heavy atom. The topological polar surface area (TPSA) is 118 Å². The normalized spacial score (nSPS) is 18.1. The number of hydrogen-bond donors (Lipinski definition) is 3. The summed E-state index contributed by atoms with van der Waals surface area (Å²) in [6.45, 7) is -2.83. The first-order chi connectivity index (χ1) is 16.8. The number of fused-ring (bicyclic) bond motifs is 3. The van der Waals surface area contributed by atoms with Crippen LogP contribution in [0.15, 0.2) is 65.6 Å². The molecule has 2 aromatic carbocycles. The number of nitrogens with one attached hydrogen (secondary N) is 2. The summed E-state index contributed by atoms with van der Waals surface area (Å²) in [5, 5.41) is 18.4. The monoisotopic (exact) mass is 501 g/mol. The Morgan fingerprint density at radius 2 is 1.89 bits per heavy atom. The van der Waals surface area contributed by atoms with Gasteiger partial charge in [0.05, 0.1) is 28.0 Å². The second kappa shape index (κ2) is 8.96. The molecule has 0 unspecified atom stereocenters. The predicted octanol–water partition coefficient (Wildman–Crippen LogP) is 2.63. The van der Waals surface area contributed by atoms with Crippen LogP contribution in [0.5, 0.6) is 5.75 Å². The van der Waals surface area contributed by atoms with E-state index < -0.39 is 28.8 Å². The lowest BCUT2D eigenvalue weighted by atomic mass is 9.96. The zero-order valence-corrected chi connectivity index (χ0v) is 19.2. The summed E-state index contributed by atoms with van der Waals surface area (Å²) < 4.78 is 58.7. The summed E-state index contributed by atoms with van der Waals surface area (Å²) in [6, 6.07) is 15.5. The number of aliphatic hydroxyl groups excluding tert-OH is 1. The molecule has 3 heterocycles. The average Bonchev–Trinajstić information content (AvgIpc) is 3.24. The second-order valence-corrected chi connectivity index (χ2v) is 9.76. The van der Waals surface area contributed by atoms with Gasteiger partial charge in [0.1, 0.15) is 11.9 Å². The maximum atomic E-state index is 13.0. The first-order valence-electron chi connectivity index (χ1n) is 10.7. The number of aliphatic hydroxyl groups is 1. The first-order valence-corrected chi connectivity index (χ1v) is 12.2. The van der Waals surface area contributed by atoms with Crippen LogP contribution in [0, 0.1) is 0 Å². The van der Waals surface area contributed by atoms with Gasteiger partial charge in [-0.2, -0.15) is 13.9 Å². The third-order valence-corrected chi connectivity index (χ3v) is 7.25. The fraction of sp³-hybridized carbons (Fsp3) is 0.217. The molecule has 3 N–H and O–H groups in total. The third kappa shape index (κ3) is 4.25. The lowest BCUT2D eigenvalue weighted by Crippen LogP contribution is -2.35. The van der Waals surface area contributed by atoms with Gasteiger partial charge in [-0.15, -0.1) is 0 Å². The Bertz CT molecular complexity index is 1490. The van der Waals surface area contributed by atoms with Crippen LogP contribution in [-0.4, -0.2) is 48.3 Å². The van der Waals surface area contributed by atoms with Crippen molar-refractivity contribution in [3.63, 3.8) is 0 Å². The van der Waals surface area contributed by atoms with Gasteiger partial charge >= 0.3 is 6.61 Å². The van der Waals surface area contributed by atoms with Gasteiger partial charge < -0.3 is 15.2 Å². The Hall–Kier alpha value is -3.45. The number of benzene rings is 2. The smallest absolute Gasteiger partial charge is 0.387 e. The van der Waals surface area contributed by atoms with Gasteiger partial charge in [-0.05, 0) is 37.4 Å². The number of ether oxygens (including phenoxy) is 1. The van der Waals surface area contributed by atoms with Crippen molar-refractivity contribution in [1.82, 2.24) is 24.6 Å². The number of hydrogen-bond acceptors (Lipinski definition) is 7. The summed E-state index contributed by atoms with van der Waals surface area (Å²) in [5.41, 5.74) is 3.00.